The highest BCUT2D eigenvalue weighted by molar-refractivity contribution is 7.22. The second-order valence-corrected chi connectivity index (χ2v) is 6.23. The fraction of sp³-hybridized carbons (Fsp3) is 0.0588. The molecular formula is C17H12N4S. The van der Waals surface area contributed by atoms with Gasteiger partial charge in [0.1, 0.15) is 10.9 Å². The van der Waals surface area contributed by atoms with Gasteiger partial charge in [-0.25, -0.2) is 4.98 Å². The van der Waals surface area contributed by atoms with Gasteiger partial charge in [0.2, 0.25) is 0 Å². The van der Waals surface area contributed by atoms with Crippen molar-refractivity contribution in [1.29, 1.82) is 5.26 Å². The number of nitrogens with two attached hydrogens (primary N) is 1. The van der Waals surface area contributed by atoms with Gasteiger partial charge >= 0.3 is 0 Å². The van der Waals surface area contributed by atoms with Crippen LogP contribution in [0, 0.1) is 11.3 Å². The molecule has 0 saturated carbocycles. The first-order chi connectivity index (χ1) is 10.7. The molecule has 106 valence electrons. The van der Waals surface area contributed by atoms with E-state index in [9.17, 15) is 0 Å². The Labute approximate surface area is 131 Å². The Morgan fingerprint density at radius 3 is 2.95 bits per heavy atom. The number of fused-ring (bicyclic) bond motifs is 2. The molecule has 1 aromatic carbocycles. The Morgan fingerprint density at radius 2 is 2.14 bits per heavy atom. The van der Waals surface area contributed by atoms with E-state index in [1.54, 1.807) is 23.6 Å². The summed E-state index contributed by atoms with van der Waals surface area (Å²) in [7, 11) is 2.03. The Kier molecular flexibility index (Phi) is 2.68. The number of hydrogen-bond acceptors (Lipinski definition) is 4. The van der Waals surface area contributed by atoms with Crippen molar-refractivity contribution in [3.05, 3.63) is 48.3 Å². The lowest BCUT2D eigenvalue weighted by atomic mass is 10.1. The number of nitriles is 1. The third kappa shape index (κ3) is 1.78. The van der Waals surface area contributed by atoms with E-state index in [-0.39, 0.29) is 0 Å². The van der Waals surface area contributed by atoms with Crippen molar-refractivity contribution in [2.45, 2.75) is 0 Å². The SMILES string of the molecule is Cn1ccc2cc(-c3sc4ncc(C#N)cc4c3N)ccc21. The Hall–Kier alpha value is -2.84. The van der Waals surface area contributed by atoms with E-state index in [1.807, 2.05) is 13.2 Å². The summed E-state index contributed by atoms with van der Waals surface area (Å²) in [4.78, 5) is 6.20. The van der Waals surface area contributed by atoms with Crippen LogP contribution in [0.5, 0.6) is 0 Å². The minimum absolute atomic E-state index is 0.530. The number of hydrogen-bond donors (Lipinski definition) is 1. The molecule has 0 fully saturated rings. The zero-order valence-electron chi connectivity index (χ0n) is 11.9. The van der Waals surface area contributed by atoms with Crippen LogP contribution in [0.25, 0.3) is 31.6 Å². The number of anilines is 1. The smallest absolute Gasteiger partial charge is 0.126 e. The zero-order valence-corrected chi connectivity index (χ0v) is 12.7. The highest BCUT2D eigenvalue weighted by atomic mass is 32.1. The molecule has 0 atom stereocenters. The van der Waals surface area contributed by atoms with Crippen LogP contribution in [-0.4, -0.2) is 9.55 Å². The second-order valence-electron chi connectivity index (χ2n) is 5.23. The minimum Gasteiger partial charge on any atom is -0.397 e. The minimum atomic E-state index is 0.530. The van der Waals surface area contributed by atoms with Crippen molar-refractivity contribution in [1.82, 2.24) is 9.55 Å². The number of nitrogen functional groups attached to an aromatic ring is 1. The number of aromatic nitrogens is 2. The van der Waals surface area contributed by atoms with Gasteiger partial charge in [-0.3, -0.25) is 0 Å². The summed E-state index contributed by atoms with van der Waals surface area (Å²) in [6.45, 7) is 0. The molecule has 4 rings (SSSR count). The van der Waals surface area contributed by atoms with Crippen LogP contribution in [0.1, 0.15) is 5.56 Å². The summed E-state index contributed by atoms with van der Waals surface area (Å²) in [5.74, 6) is 0. The predicted octanol–water partition coefficient (Wildman–Crippen LogP) is 3.91. The van der Waals surface area contributed by atoms with Gasteiger partial charge in [0.15, 0.2) is 0 Å². The topological polar surface area (TPSA) is 67.6 Å². The van der Waals surface area contributed by atoms with E-state index in [0.717, 1.165) is 20.7 Å². The summed E-state index contributed by atoms with van der Waals surface area (Å²) in [5, 5.41) is 11.0. The van der Waals surface area contributed by atoms with E-state index in [0.29, 0.717) is 11.3 Å². The molecule has 22 heavy (non-hydrogen) atoms. The summed E-state index contributed by atoms with van der Waals surface area (Å²) in [6.07, 6.45) is 3.63. The first-order valence-corrected chi connectivity index (χ1v) is 7.62. The fourth-order valence-corrected chi connectivity index (χ4v) is 3.74. The third-order valence-corrected chi connectivity index (χ3v) is 5.04. The van der Waals surface area contributed by atoms with Crippen LogP contribution in [0.3, 0.4) is 0 Å². The summed E-state index contributed by atoms with van der Waals surface area (Å²) in [6, 6.07) is 12.3. The van der Waals surface area contributed by atoms with E-state index in [2.05, 4.69) is 39.9 Å². The van der Waals surface area contributed by atoms with E-state index in [1.165, 1.54) is 10.9 Å². The molecule has 4 nitrogen and oxygen atoms in total. The van der Waals surface area contributed by atoms with Crippen molar-refractivity contribution < 1.29 is 0 Å². The monoisotopic (exact) mass is 304 g/mol. The Bertz CT molecular complexity index is 1070. The zero-order chi connectivity index (χ0) is 15.3. The largest absolute Gasteiger partial charge is 0.397 e. The average molecular weight is 304 g/mol. The number of pyridine rings is 1. The number of nitrogens with zero attached hydrogens (tertiary/aromatic N) is 3. The molecule has 0 aliphatic heterocycles. The van der Waals surface area contributed by atoms with Gasteiger partial charge in [0.05, 0.1) is 16.1 Å². The molecule has 0 unspecified atom stereocenters. The second kappa shape index (κ2) is 4.58. The molecule has 0 aliphatic rings. The maximum Gasteiger partial charge on any atom is 0.126 e. The van der Waals surface area contributed by atoms with Crippen LogP contribution in [0.15, 0.2) is 42.7 Å². The molecule has 3 heterocycles. The van der Waals surface area contributed by atoms with Crippen LogP contribution in [-0.2, 0) is 7.05 Å². The van der Waals surface area contributed by atoms with Crippen LogP contribution in [0.2, 0.25) is 0 Å². The van der Waals surface area contributed by atoms with E-state index >= 15 is 0 Å². The van der Waals surface area contributed by atoms with Gasteiger partial charge in [-0.15, -0.1) is 11.3 Å². The lowest BCUT2D eigenvalue weighted by Crippen LogP contribution is -1.87. The summed E-state index contributed by atoms with van der Waals surface area (Å²) < 4.78 is 2.09. The van der Waals surface area contributed by atoms with E-state index in [4.69, 9.17) is 11.0 Å². The van der Waals surface area contributed by atoms with Crippen LogP contribution >= 0.6 is 11.3 Å². The van der Waals surface area contributed by atoms with Gasteiger partial charge in [0.25, 0.3) is 0 Å². The maximum absolute atomic E-state index is 9.00. The standard InChI is InChI=1S/C17H12N4S/c1-21-5-4-11-7-12(2-3-14(11)21)16-15(19)13-6-10(8-18)9-20-17(13)22-16/h2-7,9H,19H2,1H3. The molecule has 0 bridgehead atoms. The number of benzene rings is 1. The molecular weight excluding hydrogens is 292 g/mol. The molecule has 0 aliphatic carbocycles. The van der Waals surface area contributed by atoms with Gasteiger partial charge in [-0.1, -0.05) is 6.07 Å². The van der Waals surface area contributed by atoms with Gasteiger partial charge in [-0.05, 0) is 29.8 Å². The summed E-state index contributed by atoms with van der Waals surface area (Å²) >= 11 is 1.56. The molecule has 0 spiro atoms. The quantitative estimate of drug-likeness (QED) is 0.579. The highest BCUT2D eigenvalue weighted by Crippen LogP contribution is 2.40. The van der Waals surface area contributed by atoms with Crippen molar-refractivity contribution in [3.63, 3.8) is 0 Å². The molecule has 4 aromatic rings. The van der Waals surface area contributed by atoms with Crippen molar-refractivity contribution >= 4 is 38.1 Å². The third-order valence-electron chi connectivity index (χ3n) is 3.86. The maximum atomic E-state index is 9.00. The lowest BCUT2D eigenvalue weighted by molar-refractivity contribution is 0.969. The van der Waals surface area contributed by atoms with Crippen LogP contribution < -0.4 is 5.73 Å². The number of aryl methyl sites for hydroxylation is 1. The average Bonchev–Trinajstić information content (AvgIpc) is 3.08. The molecule has 0 radical (unpaired) electrons. The lowest BCUT2D eigenvalue weighted by Gasteiger charge is -2.02. The summed E-state index contributed by atoms with van der Waals surface area (Å²) in [5.41, 5.74) is 9.79. The molecule has 3 aromatic heterocycles. The number of thiophene rings is 1. The molecule has 5 heteroatoms. The number of rotatable bonds is 1. The predicted molar refractivity (Wildman–Crippen MR) is 90.7 cm³/mol. The fourth-order valence-electron chi connectivity index (χ4n) is 2.70. The molecule has 2 N–H and O–H groups in total. The first-order valence-electron chi connectivity index (χ1n) is 6.81. The normalized spacial score (nSPS) is 11.1. The van der Waals surface area contributed by atoms with Crippen LogP contribution in [0.4, 0.5) is 5.69 Å². The van der Waals surface area contributed by atoms with Gasteiger partial charge < -0.3 is 10.3 Å². The highest BCUT2D eigenvalue weighted by Gasteiger charge is 2.13. The van der Waals surface area contributed by atoms with Gasteiger partial charge in [-0.2, -0.15) is 5.26 Å². The first kappa shape index (κ1) is 12.9. The Balaban J connectivity index is 1.95. The molecule has 0 saturated heterocycles. The van der Waals surface area contributed by atoms with Crippen molar-refractivity contribution in [2.24, 2.45) is 7.05 Å². The van der Waals surface area contributed by atoms with E-state index < -0.39 is 0 Å². The molecule has 0 amide bonds. The van der Waals surface area contributed by atoms with Gasteiger partial charge in [0, 0.05) is 35.7 Å². The van der Waals surface area contributed by atoms with Crippen molar-refractivity contribution in [2.75, 3.05) is 5.73 Å². The Morgan fingerprint density at radius 1 is 1.27 bits per heavy atom. The van der Waals surface area contributed by atoms with Crippen molar-refractivity contribution in [3.8, 4) is 16.5 Å².